The minimum atomic E-state index is 0.255. The van der Waals surface area contributed by atoms with E-state index in [1.165, 1.54) is 0 Å². The summed E-state index contributed by atoms with van der Waals surface area (Å²) in [5.74, 6) is 1.22. The van der Waals surface area contributed by atoms with Gasteiger partial charge < -0.3 is 4.74 Å². The largest absolute Gasteiger partial charge is 0.496 e. The highest BCUT2D eigenvalue weighted by molar-refractivity contribution is 7.80. The molecule has 4 nitrogen and oxygen atoms in total. The predicted molar refractivity (Wildman–Crippen MR) is 57.0 cm³/mol. The van der Waals surface area contributed by atoms with E-state index in [9.17, 15) is 0 Å². The standard InChI is InChI=1S/C9H7N3OS/c1-13-7-5-3-2-4-6(7)8-10-9(14)12-11-8/h2-5H,1H3. The van der Waals surface area contributed by atoms with E-state index in [2.05, 4.69) is 15.2 Å². The van der Waals surface area contributed by atoms with Gasteiger partial charge in [0, 0.05) is 0 Å². The fraction of sp³-hybridized carbons (Fsp3) is 0.111. The van der Waals surface area contributed by atoms with Crippen molar-refractivity contribution in [3.63, 3.8) is 0 Å². The molecule has 0 radical (unpaired) electrons. The summed E-state index contributed by atoms with van der Waals surface area (Å²) in [4.78, 5) is 4.00. The number of para-hydroxylation sites is 1. The lowest BCUT2D eigenvalue weighted by atomic mass is 10.2. The lowest BCUT2D eigenvalue weighted by Crippen LogP contribution is -1.98. The van der Waals surface area contributed by atoms with Crippen LogP contribution in [0.4, 0.5) is 0 Å². The Bertz CT molecular complexity index is 439. The molecule has 0 amide bonds. The topological polar surface area (TPSA) is 46.3 Å². The maximum Gasteiger partial charge on any atom is 0.242 e. The van der Waals surface area contributed by atoms with Crippen LogP contribution in [0, 0.1) is 0 Å². The first-order valence-electron chi connectivity index (χ1n) is 3.99. The van der Waals surface area contributed by atoms with Crippen molar-refractivity contribution >= 4 is 23.2 Å². The van der Waals surface area contributed by atoms with Gasteiger partial charge in [0.15, 0.2) is 5.84 Å². The van der Waals surface area contributed by atoms with Gasteiger partial charge in [-0.05, 0) is 24.4 Å². The van der Waals surface area contributed by atoms with E-state index in [4.69, 9.17) is 17.0 Å². The third-order valence-corrected chi connectivity index (χ3v) is 1.95. The van der Waals surface area contributed by atoms with Gasteiger partial charge in [-0.2, -0.15) is 4.99 Å². The molecule has 0 bridgehead atoms. The lowest BCUT2D eigenvalue weighted by Gasteiger charge is -2.04. The van der Waals surface area contributed by atoms with Gasteiger partial charge in [-0.25, -0.2) is 0 Å². The second kappa shape index (κ2) is 3.63. The fourth-order valence-electron chi connectivity index (χ4n) is 1.17. The summed E-state index contributed by atoms with van der Waals surface area (Å²) in [5, 5.41) is 7.77. The minimum absolute atomic E-state index is 0.255. The molecule has 0 N–H and O–H groups in total. The fourth-order valence-corrected chi connectivity index (χ4v) is 1.30. The van der Waals surface area contributed by atoms with Gasteiger partial charge in [-0.3, -0.25) is 0 Å². The highest BCUT2D eigenvalue weighted by atomic mass is 32.1. The first kappa shape index (κ1) is 8.96. The van der Waals surface area contributed by atoms with Crippen LogP contribution in [0.2, 0.25) is 0 Å². The Labute approximate surface area is 86.3 Å². The molecule has 0 saturated heterocycles. The predicted octanol–water partition coefficient (Wildman–Crippen LogP) is 2.19. The SMILES string of the molecule is COc1ccccc1C1=NC(=S)N=N1. The van der Waals surface area contributed by atoms with Gasteiger partial charge in [0.25, 0.3) is 0 Å². The van der Waals surface area contributed by atoms with Gasteiger partial charge in [0.1, 0.15) is 5.75 Å². The van der Waals surface area contributed by atoms with Crippen molar-refractivity contribution in [3.05, 3.63) is 29.8 Å². The number of amidine groups is 1. The molecule has 0 atom stereocenters. The van der Waals surface area contributed by atoms with Crippen molar-refractivity contribution in [2.24, 2.45) is 15.2 Å². The van der Waals surface area contributed by atoms with Gasteiger partial charge in [-0.15, -0.1) is 10.2 Å². The third kappa shape index (κ3) is 1.54. The Morgan fingerprint density at radius 1 is 1.21 bits per heavy atom. The van der Waals surface area contributed by atoms with Gasteiger partial charge in [0.2, 0.25) is 5.11 Å². The summed E-state index contributed by atoms with van der Waals surface area (Å²) in [6.07, 6.45) is 0. The molecule has 70 valence electrons. The summed E-state index contributed by atoms with van der Waals surface area (Å²) >= 11 is 4.79. The maximum absolute atomic E-state index is 5.17. The summed E-state index contributed by atoms with van der Waals surface area (Å²) in [5.41, 5.74) is 0.804. The van der Waals surface area contributed by atoms with E-state index < -0.39 is 0 Å². The molecule has 0 unspecified atom stereocenters. The molecule has 1 heterocycles. The van der Waals surface area contributed by atoms with Crippen LogP contribution in [0.25, 0.3) is 0 Å². The van der Waals surface area contributed by atoms with Gasteiger partial charge in [0.05, 0.1) is 12.7 Å². The molecular formula is C9H7N3OS. The minimum Gasteiger partial charge on any atom is -0.496 e. The van der Waals surface area contributed by atoms with Crippen molar-refractivity contribution in [2.45, 2.75) is 0 Å². The smallest absolute Gasteiger partial charge is 0.242 e. The van der Waals surface area contributed by atoms with Crippen molar-refractivity contribution in [1.29, 1.82) is 0 Å². The molecule has 1 aromatic carbocycles. The van der Waals surface area contributed by atoms with Crippen LogP contribution in [-0.4, -0.2) is 18.1 Å². The maximum atomic E-state index is 5.17. The number of azo groups is 1. The van der Waals surface area contributed by atoms with Crippen LogP contribution in [0.15, 0.2) is 39.5 Å². The van der Waals surface area contributed by atoms with Crippen molar-refractivity contribution < 1.29 is 4.74 Å². The second-order valence-corrected chi connectivity index (χ2v) is 2.98. The molecular weight excluding hydrogens is 198 g/mol. The highest BCUT2D eigenvalue weighted by Crippen LogP contribution is 2.20. The number of thiocarbonyl (C=S) groups is 1. The summed E-state index contributed by atoms with van der Waals surface area (Å²) in [6.45, 7) is 0. The Balaban J connectivity index is 2.46. The third-order valence-electron chi connectivity index (χ3n) is 1.78. The zero-order valence-electron chi connectivity index (χ0n) is 7.47. The first-order valence-corrected chi connectivity index (χ1v) is 4.40. The molecule has 1 aromatic rings. The lowest BCUT2D eigenvalue weighted by molar-refractivity contribution is 0.414. The summed E-state index contributed by atoms with van der Waals surface area (Å²) < 4.78 is 5.17. The summed E-state index contributed by atoms with van der Waals surface area (Å²) in [7, 11) is 1.60. The van der Waals surface area contributed by atoms with E-state index in [1.54, 1.807) is 7.11 Å². The molecule has 5 heteroatoms. The average Bonchev–Trinajstić information content (AvgIpc) is 2.65. The van der Waals surface area contributed by atoms with Crippen molar-refractivity contribution in [1.82, 2.24) is 0 Å². The van der Waals surface area contributed by atoms with Gasteiger partial charge >= 0.3 is 0 Å². The molecule has 0 aliphatic carbocycles. The Kier molecular flexibility index (Phi) is 2.32. The van der Waals surface area contributed by atoms with E-state index >= 15 is 0 Å². The molecule has 0 aromatic heterocycles. The second-order valence-electron chi connectivity index (χ2n) is 2.62. The zero-order chi connectivity index (χ0) is 9.97. The highest BCUT2D eigenvalue weighted by Gasteiger charge is 2.13. The van der Waals surface area contributed by atoms with E-state index in [0.717, 1.165) is 11.3 Å². The van der Waals surface area contributed by atoms with E-state index in [0.29, 0.717) is 5.84 Å². The zero-order valence-corrected chi connectivity index (χ0v) is 8.28. The Hall–Kier alpha value is -1.62. The molecule has 14 heavy (non-hydrogen) atoms. The summed E-state index contributed by atoms with van der Waals surface area (Å²) in [6, 6.07) is 7.48. The van der Waals surface area contributed by atoms with Crippen LogP contribution in [0.1, 0.15) is 5.56 Å². The Morgan fingerprint density at radius 2 is 2.00 bits per heavy atom. The molecule has 0 fully saturated rings. The van der Waals surface area contributed by atoms with Crippen molar-refractivity contribution in [3.8, 4) is 5.75 Å². The van der Waals surface area contributed by atoms with E-state index in [-0.39, 0.29) is 5.11 Å². The normalized spacial score (nSPS) is 14.4. The number of benzene rings is 1. The van der Waals surface area contributed by atoms with Crippen LogP contribution in [0.3, 0.4) is 0 Å². The van der Waals surface area contributed by atoms with Crippen LogP contribution >= 0.6 is 12.2 Å². The molecule has 1 aliphatic rings. The molecule has 0 spiro atoms. The number of hydrogen-bond acceptors (Lipinski definition) is 3. The average molecular weight is 205 g/mol. The first-order chi connectivity index (χ1) is 6.81. The number of hydrogen-bond donors (Lipinski definition) is 0. The quantitative estimate of drug-likeness (QED) is 0.695. The van der Waals surface area contributed by atoms with Crippen molar-refractivity contribution in [2.75, 3.05) is 7.11 Å². The van der Waals surface area contributed by atoms with Gasteiger partial charge in [-0.1, -0.05) is 12.1 Å². The van der Waals surface area contributed by atoms with Crippen LogP contribution < -0.4 is 4.74 Å². The molecule has 1 aliphatic heterocycles. The van der Waals surface area contributed by atoms with Crippen LogP contribution in [0.5, 0.6) is 5.75 Å². The molecule has 0 saturated carbocycles. The Morgan fingerprint density at radius 3 is 2.64 bits per heavy atom. The number of nitrogens with zero attached hydrogens (tertiary/aromatic N) is 3. The van der Waals surface area contributed by atoms with E-state index in [1.807, 2.05) is 24.3 Å². The number of aliphatic imine (C=N–C) groups is 1. The number of rotatable bonds is 2. The number of ether oxygens (including phenoxy) is 1. The van der Waals surface area contributed by atoms with Crippen LogP contribution in [-0.2, 0) is 0 Å². The monoisotopic (exact) mass is 205 g/mol. The number of methoxy groups -OCH3 is 1. The molecule has 2 rings (SSSR count).